The summed E-state index contributed by atoms with van der Waals surface area (Å²) in [6, 6.07) is -0.589. The Balaban J connectivity index is 1.70. The second kappa shape index (κ2) is 6.13. The first-order chi connectivity index (χ1) is 10.2. The molecule has 2 heterocycles. The minimum Gasteiger partial charge on any atom is -0.376 e. The summed E-state index contributed by atoms with van der Waals surface area (Å²) in [6.07, 6.45) is 6.75. The predicted octanol–water partition coefficient (Wildman–Crippen LogP) is 1.44. The van der Waals surface area contributed by atoms with E-state index in [0.717, 1.165) is 44.9 Å². The first-order valence-corrected chi connectivity index (χ1v) is 7.94. The van der Waals surface area contributed by atoms with Crippen LogP contribution in [0.15, 0.2) is 0 Å². The van der Waals surface area contributed by atoms with E-state index in [1.807, 2.05) is 0 Å². The van der Waals surface area contributed by atoms with Crippen molar-refractivity contribution in [1.29, 1.82) is 0 Å². The molecule has 0 aromatic heterocycles. The molecule has 3 aliphatic rings. The highest BCUT2D eigenvalue weighted by Crippen LogP contribution is 2.34. The number of barbiturate groups is 1. The molecule has 1 aliphatic carbocycles. The lowest BCUT2D eigenvalue weighted by Crippen LogP contribution is -2.61. The van der Waals surface area contributed by atoms with Crippen molar-refractivity contribution in [3.63, 3.8) is 0 Å². The van der Waals surface area contributed by atoms with Crippen LogP contribution in [0.2, 0.25) is 0 Å². The summed E-state index contributed by atoms with van der Waals surface area (Å²) in [5, 5.41) is 2.35. The third-order valence-electron chi connectivity index (χ3n) is 4.82. The Labute approximate surface area is 124 Å². The topological polar surface area (TPSA) is 75.7 Å². The van der Waals surface area contributed by atoms with Crippen molar-refractivity contribution in [3.8, 4) is 0 Å². The van der Waals surface area contributed by atoms with Crippen LogP contribution in [-0.4, -0.2) is 42.0 Å². The van der Waals surface area contributed by atoms with Crippen LogP contribution in [0.5, 0.6) is 0 Å². The van der Waals surface area contributed by atoms with Crippen molar-refractivity contribution in [2.75, 3.05) is 13.2 Å². The molecule has 0 aromatic carbocycles. The predicted molar refractivity (Wildman–Crippen MR) is 74.3 cm³/mol. The Bertz CT molecular complexity index is 439. The molecule has 0 bridgehead atoms. The Morgan fingerprint density at radius 3 is 2.43 bits per heavy atom. The van der Waals surface area contributed by atoms with Crippen LogP contribution in [0, 0.1) is 11.8 Å². The number of ether oxygens (including phenoxy) is 1. The number of rotatable bonds is 3. The molecular weight excluding hydrogens is 272 g/mol. The second-order valence-corrected chi connectivity index (χ2v) is 6.25. The van der Waals surface area contributed by atoms with Crippen molar-refractivity contribution in [2.45, 2.75) is 51.0 Å². The molecule has 116 valence electrons. The highest BCUT2D eigenvalue weighted by molar-refractivity contribution is 6.16. The fourth-order valence-corrected chi connectivity index (χ4v) is 3.67. The maximum atomic E-state index is 12.6. The van der Waals surface area contributed by atoms with Gasteiger partial charge >= 0.3 is 6.03 Å². The molecule has 4 amide bonds. The first-order valence-electron chi connectivity index (χ1n) is 7.94. The van der Waals surface area contributed by atoms with E-state index in [9.17, 15) is 14.4 Å². The van der Waals surface area contributed by atoms with Gasteiger partial charge in [-0.15, -0.1) is 0 Å². The number of carbonyl (C=O) groups is 3. The summed E-state index contributed by atoms with van der Waals surface area (Å²) >= 11 is 0. The average molecular weight is 294 g/mol. The Morgan fingerprint density at radius 1 is 1.05 bits per heavy atom. The second-order valence-electron chi connectivity index (χ2n) is 6.25. The minimum absolute atomic E-state index is 0.0837. The molecule has 2 unspecified atom stereocenters. The van der Waals surface area contributed by atoms with E-state index < -0.39 is 17.9 Å². The molecule has 1 saturated carbocycles. The Hall–Kier alpha value is -1.43. The monoisotopic (exact) mass is 294 g/mol. The molecule has 0 spiro atoms. The summed E-state index contributed by atoms with van der Waals surface area (Å²) in [7, 11) is 0. The number of hydrogen-bond donors (Lipinski definition) is 1. The zero-order valence-electron chi connectivity index (χ0n) is 12.2. The van der Waals surface area contributed by atoms with Crippen LogP contribution in [0.4, 0.5) is 4.79 Å². The van der Waals surface area contributed by atoms with Crippen LogP contribution in [0.25, 0.3) is 0 Å². The van der Waals surface area contributed by atoms with Crippen molar-refractivity contribution >= 4 is 17.8 Å². The summed E-state index contributed by atoms with van der Waals surface area (Å²) < 4.78 is 5.61. The Morgan fingerprint density at radius 2 is 1.76 bits per heavy atom. The van der Waals surface area contributed by atoms with Gasteiger partial charge in [0.25, 0.3) is 0 Å². The molecule has 6 heteroatoms. The fraction of sp³-hybridized carbons (Fsp3) is 0.800. The number of nitrogens with zero attached hydrogens (tertiary/aromatic N) is 1. The molecule has 3 rings (SSSR count). The van der Waals surface area contributed by atoms with Crippen molar-refractivity contribution in [1.82, 2.24) is 10.2 Å². The molecular formula is C15H22N2O4. The molecule has 1 N–H and O–H groups in total. The maximum absolute atomic E-state index is 12.6. The van der Waals surface area contributed by atoms with Gasteiger partial charge in [0.15, 0.2) is 0 Å². The van der Waals surface area contributed by atoms with Gasteiger partial charge in [0, 0.05) is 6.61 Å². The summed E-state index contributed by atoms with van der Waals surface area (Å²) in [5.74, 6) is -1.35. The molecule has 0 radical (unpaired) electrons. The highest BCUT2D eigenvalue weighted by atomic mass is 16.5. The van der Waals surface area contributed by atoms with Gasteiger partial charge in [0.05, 0.1) is 12.6 Å². The van der Waals surface area contributed by atoms with E-state index in [2.05, 4.69) is 5.32 Å². The van der Waals surface area contributed by atoms with E-state index in [0.29, 0.717) is 6.61 Å². The lowest BCUT2D eigenvalue weighted by Gasteiger charge is -2.35. The summed E-state index contributed by atoms with van der Waals surface area (Å²) in [6.45, 7) is 0.945. The summed E-state index contributed by atoms with van der Waals surface area (Å²) in [4.78, 5) is 37.8. The van der Waals surface area contributed by atoms with Crippen molar-refractivity contribution in [2.24, 2.45) is 11.8 Å². The molecule has 21 heavy (non-hydrogen) atoms. The third-order valence-corrected chi connectivity index (χ3v) is 4.82. The van der Waals surface area contributed by atoms with Gasteiger partial charge in [-0.1, -0.05) is 12.8 Å². The number of hydrogen-bond acceptors (Lipinski definition) is 4. The minimum atomic E-state index is -0.686. The first kappa shape index (κ1) is 14.5. The SMILES string of the molecule is O=C1NC(=O)N(CC2CCCCO2)C(=O)C1C1CCCC1. The standard InChI is InChI=1S/C15H22N2O4/c18-13-12(10-5-1-2-6-10)14(19)17(15(20)16-13)9-11-7-3-4-8-21-11/h10-12H,1-9H2,(H,16,18,20). The van der Waals surface area contributed by atoms with Crippen LogP contribution in [-0.2, 0) is 14.3 Å². The molecule has 2 atom stereocenters. The van der Waals surface area contributed by atoms with Crippen molar-refractivity contribution < 1.29 is 19.1 Å². The van der Waals surface area contributed by atoms with Gasteiger partial charge in [-0.25, -0.2) is 4.79 Å². The number of urea groups is 1. The van der Waals surface area contributed by atoms with E-state index in [4.69, 9.17) is 4.74 Å². The van der Waals surface area contributed by atoms with Crippen LogP contribution in [0.3, 0.4) is 0 Å². The number of amides is 4. The zero-order chi connectivity index (χ0) is 14.8. The molecule has 3 fully saturated rings. The van der Waals surface area contributed by atoms with Crippen LogP contribution in [0.1, 0.15) is 44.9 Å². The van der Waals surface area contributed by atoms with Crippen LogP contribution < -0.4 is 5.32 Å². The smallest absolute Gasteiger partial charge is 0.330 e. The van der Waals surface area contributed by atoms with E-state index in [1.54, 1.807) is 0 Å². The van der Waals surface area contributed by atoms with E-state index in [-0.39, 0.29) is 24.5 Å². The van der Waals surface area contributed by atoms with Gasteiger partial charge in [-0.3, -0.25) is 19.8 Å². The van der Waals surface area contributed by atoms with E-state index in [1.165, 1.54) is 4.90 Å². The summed E-state index contributed by atoms with van der Waals surface area (Å²) in [5.41, 5.74) is 0. The number of nitrogens with one attached hydrogen (secondary N) is 1. The lowest BCUT2D eigenvalue weighted by molar-refractivity contribution is -0.146. The maximum Gasteiger partial charge on any atom is 0.330 e. The number of carbonyl (C=O) groups excluding carboxylic acids is 3. The lowest BCUT2D eigenvalue weighted by atomic mass is 9.87. The fourth-order valence-electron chi connectivity index (χ4n) is 3.67. The average Bonchev–Trinajstić information content (AvgIpc) is 2.98. The normalized spacial score (nSPS) is 31.6. The zero-order valence-corrected chi connectivity index (χ0v) is 12.2. The van der Waals surface area contributed by atoms with Gasteiger partial charge < -0.3 is 4.74 Å². The number of imide groups is 2. The van der Waals surface area contributed by atoms with Gasteiger partial charge in [0.2, 0.25) is 11.8 Å². The largest absolute Gasteiger partial charge is 0.376 e. The van der Waals surface area contributed by atoms with Gasteiger partial charge in [-0.2, -0.15) is 0 Å². The van der Waals surface area contributed by atoms with Gasteiger partial charge in [-0.05, 0) is 38.0 Å². The van der Waals surface area contributed by atoms with Gasteiger partial charge in [0.1, 0.15) is 5.92 Å². The molecule has 2 aliphatic heterocycles. The van der Waals surface area contributed by atoms with Crippen molar-refractivity contribution in [3.05, 3.63) is 0 Å². The highest BCUT2D eigenvalue weighted by Gasteiger charge is 2.45. The molecule has 2 saturated heterocycles. The third kappa shape index (κ3) is 2.95. The molecule has 6 nitrogen and oxygen atoms in total. The molecule has 0 aromatic rings. The quantitative estimate of drug-likeness (QED) is 0.799. The van der Waals surface area contributed by atoms with Crippen LogP contribution >= 0.6 is 0 Å². The van der Waals surface area contributed by atoms with E-state index >= 15 is 0 Å². The Kier molecular flexibility index (Phi) is 4.24.